The maximum Gasteiger partial charge on any atom is 0.288 e. The molecule has 2 aromatic carbocycles. The molecule has 21 heavy (non-hydrogen) atoms. The van der Waals surface area contributed by atoms with Crippen molar-refractivity contribution in [3.8, 4) is 0 Å². The van der Waals surface area contributed by atoms with E-state index in [1.165, 1.54) is 11.3 Å². The summed E-state index contributed by atoms with van der Waals surface area (Å²) in [5.74, 6) is -2.44. The molecule has 3 rings (SSSR count). The van der Waals surface area contributed by atoms with Gasteiger partial charge in [-0.05, 0) is 36.8 Å². The van der Waals surface area contributed by atoms with Crippen LogP contribution in [-0.4, -0.2) is 10.7 Å². The molecule has 0 fully saturated rings. The maximum atomic E-state index is 12.6. The molecule has 2 nitrogen and oxygen atoms in total. The Balaban J connectivity index is 1.91. The molecule has 1 aromatic heterocycles. The second-order valence-corrected chi connectivity index (χ2v) is 6.55. The molecule has 108 valence electrons. The molecule has 0 radical (unpaired) electrons. The van der Waals surface area contributed by atoms with Crippen LogP contribution in [0.4, 0.5) is 19.6 Å². The third-order valence-corrected chi connectivity index (χ3v) is 4.63. The molecule has 0 aliphatic carbocycles. The fourth-order valence-corrected chi connectivity index (χ4v) is 3.43. The average molecular weight is 322 g/mol. The second-order valence-electron chi connectivity index (χ2n) is 4.49. The van der Waals surface area contributed by atoms with E-state index < -0.39 is 5.76 Å². The van der Waals surface area contributed by atoms with Crippen molar-refractivity contribution in [1.29, 1.82) is 0 Å². The summed E-state index contributed by atoms with van der Waals surface area (Å²) in [5, 5.41) is 3.85. The van der Waals surface area contributed by atoms with Gasteiger partial charge in [0.25, 0.3) is 5.76 Å². The molecule has 0 amide bonds. The summed E-state index contributed by atoms with van der Waals surface area (Å²) in [6, 6.07) is 13.1. The van der Waals surface area contributed by atoms with Gasteiger partial charge in [0.15, 0.2) is 5.13 Å². The predicted octanol–water partition coefficient (Wildman–Crippen LogP) is 5.66. The fraction of sp³-hybridized carbons (Fsp3) is 0.133. The molecule has 0 atom stereocenters. The van der Waals surface area contributed by atoms with Gasteiger partial charge in [-0.3, -0.25) is 0 Å². The van der Waals surface area contributed by atoms with E-state index in [0.29, 0.717) is 27.5 Å². The van der Waals surface area contributed by atoms with Gasteiger partial charge in [0.05, 0.1) is 15.9 Å². The summed E-state index contributed by atoms with van der Waals surface area (Å²) in [6.45, 7) is 2.01. The van der Waals surface area contributed by atoms with Crippen molar-refractivity contribution >= 4 is 44.1 Å². The van der Waals surface area contributed by atoms with Gasteiger partial charge in [0, 0.05) is 4.90 Å². The van der Waals surface area contributed by atoms with Crippen molar-refractivity contribution < 1.29 is 8.78 Å². The first-order valence-corrected chi connectivity index (χ1v) is 7.99. The number of fused-ring (bicyclic) bond motifs is 1. The highest BCUT2D eigenvalue weighted by molar-refractivity contribution is 7.99. The molecule has 6 heteroatoms. The smallest absolute Gasteiger partial charge is 0.288 e. The maximum absolute atomic E-state index is 12.6. The van der Waals surface area contributed by atoms with Gasteiger partial charge >= 0.3 is 0 Å². The number of alkyl halides is 2. The number of thioether (sulfide) groups is 1. The molecule has 0 saturated heterocycles. The highest BCUT2D eigenvalue weighted by Gasteiger charge is 2.11. The largest absolute Gasteiger partial charge is 0.331 e. The highest BCUT2D eigenvalue weighted by atomic mass is 32.2. The number of nitrogens with zero attached hydrogens (tertiary/aromatic N) is 1. The first-order valence-electron chi connectivity index (χ1n) is 6.30. The monoisotopic (exact) mass is 322 g/mol. The zero-order chi connectivity index (χ0) is 14.8. The van der Waals surface area contributed by atoms with Crippen LogP contribution in [-0.2, 0) is 0 Å². The van der Waals surface area contributed by atoms with E-state index in [9.17, 15) is 8.78 Å². The first kappa shape index (κ1) is 14.3. The molecule has 0 bridgehead atoms. The Morgan fingerprint density at radius 1 is 1.19 bits per heavy atom. The van der Waals surface area contributed by atoms with Crippen LogP contribution in [0.2, 0.25) is 0 Å². The van der Waals surface area contributed by atoms with Gasteiger partial charge in [0.2, 0.25) is 0 Å². The van der Waals surface area contributed by atoms with Gasteiger partial charge in [0.1, 0.15) is 0 Å². The van der Waals surface area contributed by atoms with E-state index in [1.54, 1.807) is 18.2 Å². The number of hydrogen-bond donors (Lipinski definition) is 1. The van der Waals surface area contributed by atoms with Crippen LogP contribution < -0.4 is 5.32 Å². The molecule has 0 aliphatic heterocycles. The molecule has 0 unspecified atom stereocenters. The van der Waals surface area contributed by atoms with Gasteiger partial charge in [-0.15, -0.1) is 0 Å². The summed E-state index contributed by atoms with van der Waals surface area (Å²) in [4.78, 5) is 5.02. The van der Waals surface area contributed by atoms with E-state index >= 15 is 0 Å². The standard InChI is InChI=1S/C15H12F2N2S2/c1-9-6-7-13-11(8-9)19-15(21-13)18-10-4-2-3-5-12(10)20-14(16)17/h2-8,14H,1H3,(H,18,19). The van der Waals surface area contributed by atoms with Crippen LogP contribution in [0, 0.1) is 6.92 Å². The minimum atomic E-state index is -2.44. The van der Waals surface area contributed by atoms with Gasteiger partial charge in [-0.2, -0.15) is 8.78 Å². The van der Waals surface area contributed by atoms with Crippen LogP contribution in [0.25, 0.3) is 10.2 Å². The quantitative estimate of drug-likeness (QED) is 0.627. The Morgan fingerprint density at radius 3 is 2.81 bits per heavy atom. The van der Waals surface area contributed by atoms with E-state index in [1.807, 2.05) is 31.2 Å². The lowest BCUT2D eigenvalue weighted by atomic mass is 10.2. The number of aryl methyl sites for hydroxylation is 1. The first-order chi connectivity index (χ1) is 10.1. The van der Waals surface area contributed by atoms with Gasteiger partial charge < -0.3 is 5.32 Å². The van der Waals surface area contributed by atoms with Crippen LogP contribution in [0.15, 0.2) is 47.4 Å². The lowest BCUT2D eigenvalue weighted by molar-refractivity contribution is 0.252. The van der Waals surface area contributed by atoms with Crippen molar-refractivity contribution in [2.45, 2.75) is 17.6 Å². The van der Waals surface area contributed by atoms with Crippen molar-refractivity contribution in [2.24, 2.45) is 0 Å². The Labute approximate surface area is 129 Å². The van der Waals surface area contributed by atoms with Crippen LogP contribution in [0.5, 0.6) is 0 Å². The van der Waals surface area contributed by atoms with Crippen molar-refractivity contribution in [2.75, 3.05) is 5.32 Å². The Hall–Kier alpha value is -1.66. The number of thiazole rings is 1. The summed E-state index contributed by atoms with van der Waals surface area (Å²) < 4.78 is 26.2. The molecule has 0 saturated carbocycles. The highest BCUT2D eigenvalue weighted by Crippen LogP contribution is 2.35. The van der Waals surface area contributed by atoms with Crippen molar-refractivity contribution in [3.63, 3.8) is 0 Å². The van der Waals surface area contributed by atoms with E-state index in [4.69, 9.17) is 0 Å². The third-order valence-electron chi connectivity index (χ3n) is 2.89. The number of aromatic nitrogens is 1. The minimum Gasteiger partial charge on any atom is -0.331 e. The number of anilines is 2. The molecule has 0 aliphatic rings. The second kappa shape index (κ2) is 5.99. The summed E-state index contributed by atoms with van der Waals surface area (Å²) in [6.07, 6.45) is 0. The number of hydrogen-bond acceptors (Lipinski definition) is 4. The normalized spacial score (nSPS) is 11.2. The summed E-state index contributed by atoms with van der Waals surface area (Å²) in [7, 11) is 0. The lowest BCUT2D eigenvalue weighted by Crippen LogP contribution is -1.93. The molecular weight excluding hydrogens is 310 g/mol. The lowest BCUT2D eigenvalue weighted by Gasteiger charge is -2.08. The van der Waals surface area contributed by atoms with E-state index in [0.717, 1.165) is 15.8 Å². The molecule has 1 heterocycles. The number of rotatable bonds is 4. The zero-order valence-corrected chi connectivity index (χ0v) is 12.8. The SMILES string of the molecule is Cc1ccc2sc(Nc3ccccc3SC(F)F)nc2c1. The predicted molar refractivity (Wildman–Crippen MR) is 85.9 cm³/mol. The topological polar surface area (TPSA) is 24.9 Å². The fourth-order valence-electron chi connectivity index (χ4n) is 1.97. The Morgan fingerprint density at radius 2 is 2.00 bits per heavy atom. The van der Waals surface area contributed by atoms with E-state index in [2.05, 4.69) is 10.3 Å². The number of benzene rings is 2. The summed E-state index contributed by atoms with van der Waals surface area (Å²) >= 11 is 2.04. The molecule has 1 N–H and O–H groups in total. The number of nitrogens with one attached hydrogen (secondary N) is 1. The Bertz CT molecular complexity index is 771. The van der Waals surface area contributed by atoms with Crippen LogP contribution in [0.3, 0.4) is 0 Å². The minimum absolute atomic E-state index is 0.517. The Kier molecular flexibility index (Phi) is 4.07. The molecule has 0 spiro atoms. The van der Waals surface area contributed by atoms with Gasteiger partial charge in [-0.1, -0.05) is 41.3 Å². The van der Waals surface area contributed by atoms with E-state index in [-0.39, 0.29) is 0 Å². The average Bonchev–Trinajstić information content (AvgIpc) is 2.82. The zero-order valence-electron chi connectivity index (χ0n) is 11.1. The van der Waals surface area contributed by atoms with Crippen molar-refractivity contribution in [1.82, 2.24) is 4.98 Å². The van der Waals surface area contributed by atoms with Crippen molar-refractivity contribution in [3.05, 3.63) is 48.0 Å². The third kappa shape index (κ3) is 3.33. The molecule has 3 aromatic rings. The number of halogens is 2. The summed E-state index contributed by atoms with van der Waals surface area (Å²) in [5.41, 5.74) is 2.72. The van der Waals surface area contributed by atoms with Gasteiger partial charge in [-0.25, -0.2) is 4.98 Å². The van der Waals surface area contributed by atoms with Crippen LogP contribution in [0.1, 0.15) is 5.56 Å². The molecular formula is C15H12F2N2S2. The number of para-hydroxylation sites is 1. The van der Waals surface area contributed by atoms with Crippen LogP contribution >= 0.6 is 23.1 Å².